The van der Waals surface area contributed by atoms with Gasteiger partial charge in [0.2, 0.25) is 5.91 Å². The van der Waals surface area contributed by atoms with Crippen LogP contribution < -0.4 is 5.32 Å². The number of aliphatic hydroxyl groups excluding tert-OH is 1. The third-order valence-corrected chi connectivity index (χ3v) is 6.12. The van der Waals surface area contributed by atoms with Crippen LogP contribution in [0.3, 0.4) is 0 Å². The molecule has 0 aromatic heterocycles. The van der Waals surface area contributed by atoms with Crippen LogP contribution in [0, 0.1) is 0 Å². The zero-order valence-electron chi connectivity index (χ0n) is 20.8. The highest BCUT2D eigenvalue weighted by atomic mass is 16.6. The number of amides is 1. The smallest absolute Gasteiger partial charge is 0.328 e. The molecule has 0 radical (unpaired) electrons. The van der Waals surface area contributed by atoms with E-state index in [9.17, 15) is 19.5 Å². The summed E-state index contributed by atoms with van der Waals surface area (Å²) in [5.41, 5.74) is 0. The van der Waals surface area contributed by atoms with E-state index in [1.54, 1.807) is 0 Å². The SMILES string of the molecule is CCCCCCCCCCCCCCCCCC(=O)OCC(O)COC(=O)[C@H]1CCC(=O)N1. The Labute approximate surface area is 200 Å². The number of carbonyl (C=O) groups is 3. The molecule has 1 saturated heterocycles. The van der Waals surface area contributed by atoms with Crippen LogP contribution in [-0.2, 0) is 23.9 Å². The van der Waals surface area contributed by atoms with Gasteiger partial charge in [0, 0.05) is 12.8 Å². The van der Waals surface area contributed by atoms with Gasteiger partial charge in [-0.2, -0.15) is 0 Å². The summed E-state index contributed by atoms with van der Waals surface area (Å²) in [5, 5.41) is 12.3. The summed E-state index contributed by atoms with van der Waals surface area (Å²) in [5.74, 6) is -1.08. The zero-order valence-corrected chi connectivity index (χ0v) is 20.8. The number of rotatable bonds is 21. The highest BCUT2D eigenvalue weighted by Crippen LogP contribution is 2.14. The molecule has 33 heavy (non-hydrogen) atoms. The zero-order chi connectivity index (χ0) is 24.2. The van der Waals surface area contributed by atoms with E-state index in [1.165, 1.54) is 77.0 Å². The number of aliphatic hydroxyl groups is 1. The number of esters is 2. The van der Waals surface area contributed by atoms with Crippen molar-refractivity contribution in [2.24, 2.45) is 0 Å². The van der Waals surface area contributed by atoms with E-state index in [0.717, 1.165) is 19.3 Å². The molecule has 0 aromatic carbocycles. The molecule has 2 atom stereocenters. The number of unbranched alkanes of at least 4 members (excludes halogenated alkanes) is 14. The Bertz CT molecular complexity index is 539. The van der Waals surface area contributed by atoms with Crippen molar-refractivity contribution in [3.8, 4) is 0 Å². The minimum atomic E-state index is -1.06. The predicted octanol–water partition coefficient (Wildman–Crippen LogP) is 4.97. The van der Waals surface area contributed by atoms with E-state index in [-0.39, 0.29) is 25.1 Å². The molecule has 0 bridgehead atoms. The van der Waals surface area contributed by atoms with Gasteiger partial charge >= 0.3 is 11.9 Å². The van der Waals surface area contributed by atoms with Crippen LogP contribution in [0.4, 0.5) is 0 Å². The van der Waals surface area contributed by atoms with E-state index < -0.39 is 18.1 Å². The third-order valence-electron chi connectivity index (χ3n) is 6.12. The van der Waals surface area contributed by atoms with Crippen LogP contribution in [0.25, 0.3) is 0 Å². The lowest BCUT2D eigenvalue weighted by molar-refractivity contribution is -0.154. The van der Waals surface area contributed by atoms with Gasteiger partial charge in [-0.1, -0.05) is 96.8 Å². The minimum Gasteiger partial charge on any atom is -0.463 e. The van der Waals surface area contributed by atoms with E-state index in [1.807, 2.05) is 0 Å². The lowest BCUT2D eigenvalue weighted by atomic mass is 10.0. The molecule has 0 aromatic rings. The van der Waals surface area contributed by atoms with Gasteiger partial charge in [-0.15, -0.1) is 0 Å². The highest BCUT2D eigenvalue weighted by molar-refractivity contribution is 5.88. The van der Waals surface area contributed by atoms with Crippen LogP contribution in [0.15, 0.2) is 0 Å². The molecule has 1 rings (SSSR count). The first kappa shape index (κ1) is 29.4. The first-order chi connectivity index (χ1) is 16.0. The standard InChI is InChI=1S/C26H47NO6/c1-2-3-4-5-6-7-8-9-10-11-12-13-14-15-16-17-25(30)32-20-22(28)21-33-26(31)23-18-19-24(29)27-23/h22-23,28H,2-21H2,1H3,(H,27,29)/t22?,23-/m1/s1. The van der Waals surface area contributed by atoms with E-state index >= 15 is 0 Å². The lowest BCUT2D eigenvalue weighted by Crippen LogP contribution is -2.36. The van der Waals surface area contributed by atoms with Gasteiger partial charge in [0.05, 0.1) is 0 Å². The summed E-state index contributed by atoms with van der Waals surface area (Å²) in [6.07, 6.45) is 19.1. The second kappa shape index (κ2) is 19.8. The number of nitrogens with one attached hydrogen (secondary N) is 1. The molecule has 0 aliphatic carbocycles. The van der Waals surface area contributed by atoms with Crippen LogP contribution >= 0.6 is 0 Å². The second-order valence-electron chi connectivity index (χ2n) is 9.33. The van der Waals surface area contributed by atoms with Crippen LogP contribution in [0.1, 0.15) is 122 Å². The third kappa shape index (κ3) is 16.6. The van der Waals surface area contributed by atoms with Crippen molar-refractivity contribution in [2.75, 3.05) is 13.2 Å². The Hall–Kier alpha value is -1.63. The molecule has 1 amide bonds. The van der Waals surface area contributed by atoms with E-state index in [4.69, 9.17) is 9.47 Å². The fourth-order valence-electron chi connectivity index (χ4n) is 4.02. The molecule has 0 saturated carbocycles. The van der Waals surface area contributed by atoms with Gasteiger partial charge in [-0.25, -0.2) is 4.79 Å². The van der Waals surface area contributed by atoms with Gasteiger partial charge in [0.15, 0.2) is 0 Å². The number of ether oxygens (including phenoxy) is 2. The maximum Gasteiger partial charge on any atom is 0.328 e. The fourth-order valence-corrected chi connectivity index (χ4v) is 4.02. The molecule has 0 spiro atoms. The average molecular weight is 470 g/mol. The van der Waals surface area contributed by atoms with Crippen molar-refractivity contribution < 1.29 is 29.0 Å². The number of hydrogen-bond acceptors (Lipinski definition) is 6. The largest absolute Gasteiger partial charge is 0.463 e. The van der Waals surface area contributed by atoms with Crippen LogP contribution in [-0.4, -0.2) is 48.3 Å². The van der Waals surface area contributed by atoms with Gasteiger partial charge in [-0.3, -0.25) is 9.59 Å². The van der Waals surface area contributed by atoms with Crippen molar-refractivity contribution in [1.82, 2.24) is 5.32 Å². The number of hydrogen-bond donors (Lipinski definition) is 2. The fraction of sp³-hybridized carbons (Fsp3) is 0.885. The summed E-state index contributed by atoms with van der Waals surface area (Å²) < 4.78 is 10.0. The molecule has 192 valence electrons. The minimum absolute atomic E-state index is 0.176. The monoisotopic (exact) mass is 469 g/mol. The lowest BCUT2D eigenvalue weighted by Gasteiger charge is -2.14. The quantitative estimate of drug-likeness (QED) is 0.182. The molecule has 1 aliphatic heterocycles. The summed E-state index contributed by atoms with van der Waals surface area (Å²) in [6.45, 7) is 1.81. The van der Waals surface area contributed by atoms with Gasteiger partial charge < -0.3 is 19.9 Å². The first-order valence-electron chi connectivity index (χ1n) is 13.3. The molecule has 2 N–H and O–H groups in total. The molecular formula is C26H47NO6. The van der Waals surface area contributed by atoms with Crippen molar-refractivity contribution in [2.45, 2.75) is 135 Å². The molecular weight excluding hydrogens is 422 g/mol. The molecule has 7 heteroatoms. The predicted molar refractivity (Wildman–Crippen MR) is 129 cm³/mol. The molecule has 7 nitrogen and oxygen atoms in total. The van der Waals surface area contributed by atoms with Crippen LogP contribution in [0.5, 0.6) is 0 Å². The molecule has 1 heterocycles. The maximum absolute atomic E-state index is 11.8. The molecule has 1 unspecified atom stereocenters. The highest BCUT2D eigenvalue weighted by Gasteiger charge is 2.28. The Kier molecular flexibility index (Phi) is 17.6. The van der Waals surface area contributed by atoms with Crippen molar-refractivity contribution in [3.05, 3.63) is 0 Å². The van der Waals surface area contributed by atoms with Crippen molar-refractivity contribution in [3.63, 3.8) is 0 Å². The molecule has 1 aliphatic rings. The van der Waals surface area contributed by atoms with E-state index in [0.29, 0.717) is 19.3 Å². The molecule has 1 fully saturated rings. The van der Waals surface area contributed by atoms with Gasteiger partial charge in [0.25, 0.3) is 0 Å². The van der Waals surface area contributed by atoms with Crippen molar-refractivity contribution in [1.29, 1.82) is 0 Å². The summed E-state index contributed by atoms with van der Waals surface area (Å²) in [6, 6.07) is -0.641. The average Bonchev–Trinajstić information content (AvgIpc) is 3.25. The number of carbonyl (C=O) groups excluding carboxylic acids is 3. The maximum atomic E-state index is 11.8. The van der Waals surface area contributed by atoms with Gasteiger partial charge in [0.1, 0.15) is 25.4 Å². The van der Waals surface area contributed by atoms with Crippen LogP contribution in [0.2, 0.25) is 0 Å². The Morgan fingerprint density at radius 3 is 1.82 bits per heavy atom. The Morgan fingerprint density at radius 1 is 0.848 bits per heavy atom. The second-order valence-corrected chi connectivity index (χ2v) is 9.33. The Balaban J connectivity index is 1.83. The first-order valence-corrected chi connectivity index (χ1v) is 13.3. The summed E-state index contributed by atoms with van der Waals surface area (Å²) in [7, 11) is 0. The summed E-state index contributed by atoms with van der Waals surface area (Å²) >= 11 is 0. The van der Waals surface area contributed by atoms with Crippen molar-refractivity contribution >= 4 is 17.8 Å². The van der Waals surface area contributed by atoms with Gasteiger partial charge in [-0.05, 0) is 12.8 Å². The normalized spacial score (nSPS) is 16.4. The van der Waals surface area contributed by atoms with E-state index in [2.05, 4.69) is 12.2 Å². The summed E-state index contributed by atoms with van der Waals surface area (Å²) in [4.78, 5) is 34.6. The topological polar surface area (TPSA) is 102 Å². The Morgan fingerprint density at radius 2 is 1.33 bits per heavy atom.